The van der Waals surface area contributed by atoms with Gasteiger partial charge in [-0.3, -0.25) is 0 Å². The summed E-state index contributed by atoms with van der Waals surface area (Å²) in [6, 6.07) is 15.4. The standard InChI is InChI=1S/C24H26BFN2O4/c1-23(2)24(3,4)32-25(31-23)20(13-19-11-10-18(14-27)12-21(19)26)15-28-22(29)30-16-17-8-6-5-7-9-17/h5-13H,15-16H2,1-4H3,(H,28,29). The highest BCUT2D eigenvalue weighted by molar-refractivity contribution is 6.56. The Balaban J connectivity index is 1.77. The highest BCUT2D eigenvalue weighted by Crippen LogP contribution is 2.38. The number of hydrogen-bond acceptors (Lipinski definition) is 5. The molecule has 2 aromatic carbocycles. The van der Waals surface area contributed by atoms with Crippen LogP contribution in [0.15, 0.2) is 54.0 Å². The molecule has 0 aromatic heterocycles. The van der Waals surface area contributed by atoms with Crippen molar-refractivity contribution in [2.24, 2.45) is 0 Å². The molecule has 0 spiro atoms. The van der Waals surface area contributed by atoms with Crippen LogP contribution in [-0.2, 0) is 20.7 Å². The first-order valence-electron chi connectivity index (χ1n) is 10.3. The SMILES string of the molecule is CC1(C)OB(C(=Cc2ccc(C#N)cc2F)CNC(=O)OCc2ccccc2)OC1(C)C. The molecular weight excluding hydrogens is 410 g/mol. The number of rotatable bonds is 6. The minimum Gasteiger partial charge on any atom is -0.445 e. The molecule has 3 rings (SSSR count). The van der Waals surface area contributed by atoms with E-state index in [1.54, 1.807) is 6.08 Å². The van der Waals surface area contributed by atoms with Gasteiger partial charge in [-0.2, -0.15) is 5.26 Å². The first kappa shape index (κ1) is 23.5. The molecule has 0 unspecified atom stereocenters. The summed E-state index contributed by atoms with van der Waals surface area (Å²) in [7, 11) is -0.788. The van der Waals surface area contributed by atoms with Crippen LogP contribution >= 0.6 is 0 Å². The molecule has 1 saturated heterocycles. The van der Waals surface area contributed by atoms with E-state index in [1.807, 2.05) is 64.1 Å². The Morgan fingerprint density at radius 2 is 1.81 bits per heavy atom. The molecule has 0 saturated carbocycles. The van der Waals surface area contributed by atoms with Gasteiger partial charge in [-0.1, -0.05) is 42.5 Å². The number of ether oxygens (including phenoxy) is 1. The quantitative estimate of drug-likeness (QED) is 0.668. The Bertz CT molecular complexity index is 1030. The molecule has 32 heavy (non-hydrogen) atoms. The van der Waals surface area contributed by atoms with Crippen molar-refractivity contribution in [1.29, 1.82) is 5.26 Å². The predicted molar refractivity (Wildman–Crippen MR) is 120 cm³/mol. The van der Waals surface area contributed by atoms with E-state index in [0.29, 0.717) is 5.47 Å². The molecule has 1 aliphatic heterocycles. The number of nitrogens with one attached hydrogen (secondary N) is 1. The molecule has 8 heteroatoms. The summed E-state index contributed by atoms with van der Waals surface area (Å²) in [4.78, 5) is 12.2. The van der Waals surface area contributed by atoms with Gasteiger partial charge in [0.2, 0.25) is 0 Å². The number of amides is 1. The molecule has 1 N–H and O–H groups in total. The normalized spacial score (nSPS) is 17.0. The maximum Gasteiger partial charge on any atom is 0.492 e. The molecule has 6 nitrogen and oxygen atoms in total. The monoisotopic (exact) mass is 436 g/mol. The number of nitrogens with zero attached hydrogens (tertiary/aromatic N) is 1. The van der Waals surface area contributed by atoms with Crippen molar-refractivity contribution in [2.45, 2.75) is 45.5 Å². The summed E-state index contributed by atoms with van der Waals surface area (Å²) in [5, 5.41) is 11.7. The Hall–Kier alpha value is -3.15. The van der Waals surface area contributed by atoms with Crippen molar-refractivity contribution < 1.29 is 23.2 Å². The van der Waals surface area contributed by atoms with E-state index in [0.717, 1.165) is 11.6 Å². The third kappa shape index (κ3) is 5.55. The van der Waals surface area contributed by atoms with Crippen LogP contribution in [0.1, 0.15) is 44.4 Å². The van der Waals surface area contributed by atoms with Crippen LogP contribution in [0.4, 0.5) is 9.18 Å². The summed E-state index contributed by atoms with van der Waals surface area (Å²) in [6.45, 7) is 7.81. The van der Waals surface area contributed by atoms with Crippen LogP contribution < -0.4 is 5.32 Å². The Morgan fingerprint density at radius 1 is 1.16 bits per heavy atom. The fraction of sp³-hybridized carbons (Fsp3) is 0.333. The summed E-state index contributed by atoms with van der Waals surface area (Å²) >= 11 is 0. The number of nitriles is 1. The van der Waals surface area contributed by atoms with Crippen molar-refractivity contribution in [1.82, 2.24) is 5.32 Å². The number of hydrogen-bond donors (Lipinski definition) is 1. The molecule has 2 aromatic rings. The second-order valence-corrected chi connectivity index (χ2v) is 8.57. The van der Waals surface area contributed by atoms with Crippen LogP contribution in [0, 0.1) is 17.1 Å². The minimum atomic E-state index is -0.788. The van der Waals surface area contributed by atoms with Crippen molar-refractivity contribution in [3.05, 3.63) is 76.5 Å². The van der Waals surface area contributed by atoms with Crippen molar-refractivity contribution >= 4 is 19.3 Å². The largest absolute Gasteiger partial charge is 0.492 e. The average Bonchev–Trinajstić information content (AvgIpc) is 2.98. The van der Waals surface area contributed by atoms with Crippen molar-refractivity contribution in [3.8, 4) is 6.07 Å². The van der Waals surface area contributed by atoms with Gasteiger partial charge in [-0.05, 0) is 50.9 Å². The van der Waals surface area contributed by atoms with Gasteiger partial charge in [0.05, 0.1) is 22.8 Å². The lowest BCUT2D eigenvalue weighted by molar-refractivity contribution is 0.00578. The van der Waals surface area contributed by atoms with Crippen LogP contribution in [0.5, 0.6) is 0 Å². The third-order valence-corrected chi connectivity index (χ3v) is 5.68. The predicted octanol–water partition coefficient (Wildman–Crippen LogP) is 4.64. The van der Waals surface area contributed by atoms with Crippen molar-refractivity contribution in [3.63, 3.8) is 0 Å². The van der Waals surface area contributed by atoms with Gasteiger partial charge in [0.1, 0.15) is 12.4 Å². The van der Waals surface area contributed by atoms with Crippen LogP contribution in [0.2, 0.25) is 0 Å². The van der Waals surface area contributed by atoms with Crippen LogP contribution in [0.3, 0.4) is 0 Å². The molecule has 1 heterocycles. The molecule has 166 valence electrons. The van der Waals surface area contributed by atoms with E-state index in [9.17, 15) is 9.18 Å². The first-order valence-corrected chi connectivity index (χ1v) is 10.3. The third-order valence-electron chi connectivity index (χ3n) is 5.68. The van der Waals surface area contributed by atoms with E-state index in [-0.39, 0.29) is 24.3 Å². The average molecular weight is 436 g/mol. The summed E-state index contributed by atoms with van der Waals surface area (Å²) in [6.07, 6.45) is 0.951. The van der Waals surface area contributed by atoms with Gasteiger partial charge in [0, 0.05) is 12.1 Å². The lowest BCUT2D eigenvalue weighted by Crippen LogP contribution is -2.41. The summed E-state index contributed by atoms with van der Waals surface area (Å²) in [5.41, 5.74) is 0.655. The van der Waals surface area contributed by atoms with Gasteiger partial charge >= 0.3 is 13.2 Å². The second-order valence-electron chi connectivity index (χ2n) is 8.57. The molecule has 1 aliphatic rings. The molecule has 1 fully saturated rings. The number of benzene rings is 2. The molecular formula is C24H26BFN2O4. The molecule has 0 aliphatic carbocycles. The van der Waals surface area contributed by atoms with Crippen LogP contribution in [0.25, 0.3) is 6.08 Å². The molecule has 0 atom stereocenters. The fourth-order valence-corrected chi connectivity index (χ4v) is 3.06. The van der Waals surface area contributed by atoms with Gasteiger partial charge in [0.25, 0.3) is 0 Å². The zero-order chi connectivity index (χ0) is 23.4. The van der Waals surface area contributed by atoms with E-state index in [1.165, 1.54) is 12.1 Å². The molecule has 0 radical (unpaired) electrons. The topological polar surface area (TPSA) is 80.6 Å². The smallest absolute Gasteiger partial charge is 0.445 e. The van der Waals surface area contributed by atoms with E-state index < -0.39 is 30.2 Å². The van der Waals surface area contributed by atoms with Crippen molar-refractivity contribution in [2.75, 3.05) is 6.54 Å². The first-order chi connectivity index (χ1) is 15.1. The second kappa shape index (κ2) is 9.55. The molecule has 0 bridgehead atoms. The maximum absolute atomic E-state index is 14.5. The Kier molecular flexibility index (Phi) is 7.02. The number of halogens is 1. The van der Waals surface area contributed by atoms with Crippen LogP contribution in [-0.4, -0.2) is 31.0 Å². The Labute approximate surface area is 188 Å². The maximum atomic E-state index is 14.5. The Morgan fingerprint density at radius 3 is 2.41 bits per heavy atom. The lowest BCUT2D eigenvalue weighted by atomic mass is 9.77. The highest BCUT2D eigenvalue weighted by Gasteiger charge is 2.52. The summed E-state index contributed by atoms with van der Waals surface area (Å²) in [5.74, 6) is -0.551. The van der Waals surface area contributed by atoms with E-state index in [4.69, 9.17) is 19.3 Å². The van der Waals surface area contributed by atoms with E-state index >= 15 is 0 Å². The van der Waals surface area contributed by atoms with Gasteiger partial charge in [-0.15, -0.1) is 0 Å². The van der Waals surface area contributed by atoms with Gasteiger partial charge in [-0.25, -0.2) is 9.18 Å². The zero-order valence-corrected chi connectivity index (χ0v) is 18.6. The van der Waals surface area contributed by atoms with Gasteiger partial charge < -0.3 is 19.4 Å². The number of carbonyl (C=O) groups excluding carboxylic acids is 1. The van der Waals surface area contributed by atoms with E-state index in [2.05, 4.69) is 5.32 Å². The minimum absolute atomic E-state index is 0.0316. The number of carbonyl (C=O) groups is 1. The van der Waals surface area contributed by atoms with Gasteiger partial charge in [0.15, 0.2) is 0 Å². The molecule has 1 amide bonds. The summed E-state index contributed by atoms with van der Waals surface area (Å²) < 4.78 is 31.9. The lowest BCUT2D eigenvalue weighted by Gasteiger charge is -2.32. The number of alkyl carbamates (subject to hydrolysis) is 1. The zero-order valence-electron chi connectivity index (χ0n) is 18.6. The fourth-order valence-electron chi connectivity index (χ4n) is 3.06. The highest BCUT2D eigenvalue weighted by atomic mass is 19.1.